The number of rotatable bonds is 3. The molecule has 0 atom stereocenters. The maximum absolute atomic E-state index is 13.0. The molecule has 136 valence electrons. The second-order valence-corrected chi connectivity index (χ2v) is 9.39. The second-order valence-electron chi connectivity index (χ2n) is 6.37. The van der Waals surface area contributed by atoms with Gasteiger partial charge >= 0.3 is 0 Å². The molecule has 8 heteroatoms. The van der Waals surface area contributed by atoms with Gasteiger partial charge in [-0.3, -0.25) is 0 Å². The van der Waals surface area contributed by atoms with Crippen LogP contribution in [0.4, 0.5) is 0 Å². The van der Waals surface area contributed by atoms with Gasteiger partial charge in [-0.2, -0.15) is 4.31 Å². The van der Waals surface area contributed by atoms with E-state index in [1.807, 2.05) is 35.2 Å². The van der Waals surface area contributed by atoms with Gasteiger partial charge in [0.15, 0.2) is 0 Å². The van der Waals surface area contributed by atoms with E-state index < -0.39 is 10.0 Å². The summed E-state index contributed by atoms with van der Waals surface area (Å²) in [6, 6.07) is 12.5. The lowest BCUT2D eigenvalue weighted by molar-refractivity contribution is 0.396. The van der Waals surface area contributed by atoms with Crippen LogP contribution in [0.15, 0.2) is 66.1 Å². The van der Waals surface area contributed by atoms with E-state index in [2.05, 4.69) is 9.97 Å². The average Bonchev–Trinajstić information content (AvgIpc) is 3.35. The summed E-state index contributed by atoms with van der Waals surface area (Å²) in [4.78, 5) is 11.2. The van der Waals surface area contributed by atoms with Crippen molar-refractivity contribution in [3.05, 3.63) is 71.6 Å². The van der Waals surface area contributed by atoms with Crippen molar-refractivity contribution < 1.29 is 8.42 Å². The molecule has 4 aromatic rings. The number of nitrogens with zero attached hydrogens (tertiary/aromatic N) is 4. The van der Waals surface area contributed by atoms with Crippen LogP contribution in [0.5, 0.6) is 0 Å². The van der Waals surface area contributed by atoms with E-state index in [0.717, 1.165) is 20.9 Å². The van der Waals surface area contributed by atoms with Gasteiger partial charge in [-0.15, -0.1) is 11.3 Å². The van der Waals surface area contributed by atoms with Crippen molar-refractivity contribution in [2.75, 3.05) is 6.54 Å². The van der Waals surface area contributed by atoms with Gasteiger partial charge in [0.05, 0.1) is 10.3 Å². The minimum absolute atomic E-state index is 0.336. The molecule has 5 rings (SSSR count). The molecule has 0 unspecified atom stereocenters. The molecule has 0 saturated carbocycles. The Bertz CT molecular complexity index is 1220. The SMILES string of the molecule is O=S(=O)(c1ccccc1)N1CCc2c(sc3ncnc(-n4cccc4)c23)C1. The Kier molecular flexibility index (Phi) is 3.85. The molecule has 0 N–H and O–H groups in total. The predicted molar refractivity (Wildman–Crippen MR) is 104 cm³/mol. The third kappa shape index (κ3) is 2.68. The summed E-state index contributed by atoms with van der Waals surface area (Å²) in [6.07, 6.45) is 6.14. The van der Waals surface area contributed by atoms with E-state index >= 15 is 0 Å². The summed E-state index contributed by atoms with van der Waals surface area (Å²) >= 11 is 1.56. The number of hydrogen-bond acceptors (Lipinski definition) is 5. The number of aromatic nitrogens is 3. The van der Waals surface area contributed by atoms with Gasteiger partial charge in [0.1, 0.15) is 17.0 Å². The lowest BCUT2D eigenvalue weighted by Crippen LogP contribution is -2.35. The highest BCUT2D eigenvalue weighted by Crippen LogP contribution is 2.37. The normalized spacial score (nSPS) is 15.1. The van der Waals surface area contributed by atoms with Crippen molar-refractivity contribution in [1.82, 2.24) is 18.8 Å². The summed E-state index contributed by atoms with van der Waals surface area (Å²) in [5.41, 5.74) is 1.17. The van der Waals surface area contributed by atoms with Crippen molar-refractivity contribution in [2.45, 2.75) is 17.9 Å². The van der Waals surface area contributed by atoms with Crippen molar-refractivity contribution in [1.29, 1.82) is 0 Å². The van der Waals surface area contributed by atoms with E-state index in [-0.39, 0.29) is 0 Å². The van der Waals surface area contributed by atoms with Crippen LogP contribution in [0.2, 0.25) is 0 Å². The number of sulfonamides is 1. The maximum Gasteiger partial charge on any atom is 0.243 e. The molecular weight excluding hydrogens is 380 g/mol. The van der Waals surface area contributed by atoms with Gasteiger partial charge in [-0.25, -0.2) is 18.4 Å². The standard InChI is InChI=1S/C19H16N4O2S2/c24-27(25,14-6-2-1-3-7-14)23-11-8-15-16(12-23)26-19-17(15)18(20-13-21-19)22-9-4-5-10-22/h1-7,9-10,13H,8,11-12H2. The third-order valence-corrected chi connectivity index (χ3v) is 7.80. The Morgan fingerprint density at radius 1 is 1.00 bits per heavy atom. The zero-order valence-corrected chi connectivity index (χ0v) is 15.9. The fourth-order valence-corrected chi connectivity index (χ4v) is 6.22. The highest BCUT2D eigenvalue weighted by Gasteiger charge is 2.31. The summed E-state index contributed by atoms with van der Waals surface area (Å²) in [5, 5.41) is 1.03. The quantitative estimate of drug-likeness (QED) is 0.533. The number of hydrogen-bond donors (Lipinski definition) is 0. The van der Waals surface area contributed by atoms with Crippen LogP contribution < -0.4 is 0 Å². The molecule has 0 fully saturated rings. The molecule has 6 nitrogen and oxygen atoms in total. The van der Waals surface area contributed by atoms with Crippen molar-refractivity contribution in [3.63, 3.8) is 0 Å². The van der Waals surface area contributed by atoms with Crippen LogP contribution in [-0.2, 0) is 23.0 Å². The number of benzene rings is 1. The Morgan fingerprint density at radius 2 is 1.78 bits per heavy atom. The molecule has 0 radical (unpaired) electrons. The van der Waals surface area contributed by atoms with Crippen LogP contribution >= 0.6 is 11.3 Å². The predicted octanol–water partition coefficient (Wildman–Crippen LogP) is 3.23. The Labute approximate surface area is 160 Å². The van der Waals surface area contributed by atoms with Gasteiger partial charge in [-0.1, -0.05) is 18.2 Å². The van der Waals surface area contributed by atoms with Gasteiger partial charge < -0.3 is 4.57 Å². The lowest BCUT2D eigenvalue weighted by atomic mass is 10.1. The molecule has 0 amide bonds. The molecule has 0 bridgehead atoms. The van der Waals surface area contributed by atoms with Gasteiger partial charge in [-0.05, 0) is 36.2 Å². The van der Waals surface area contributed by atoms with Crippen LogP contribution in [0.25, 0.3) is 16.0 Å². The number of fused-ring (bicyclic) bond motifs is 3. The second kappa shape index (κ2) is 6.26. The van der Waals surface area contributed by atoms with Crippen LogP contribution in [0, 0.1) is 0 Å². The van der Waals surface area contributed by atoms with Crippen LogP contribution in [0.3, 0.4) is 0 Å². The largest absolute Gasteiger partial charge is 0.308 e. The molecule has 4 heterocycles. The van der Waals surface area contributed by atoms with E-state index in [1.54, 1.807) is 46.2 Å². The summed E-state index contributed by atoms with van der Waals surface area (Å²) in [5.74, 6) is 0.849. The summed E-state index contributed by atoms with van der Waals surface area (Å²) < 4.78 is 29.5. The van der Waals surface area contributed by atoms with Gasteiger partial charge in [0.2, 0.25) is 10.0 Å². The molecule has 0 saturated heterocycles. The fourth-order valence-electron chi connectivity index (χ4n) is 3.51. The molecule has 27 heavy (non-hydrogen) atoms. The molecule has 0 aliphatic carbocycles. The lowest BCUT2D eigenvalue weighted by Gasteiger charge is -2.26. The average molecular weight is 396 g/mol. The molecule has 0 spiro atoms. The molecule has 1 aliphatic rings. The smallest absolute Gasteiger partial charge is 0.243 e. The molecule has 1 aromatic carbocycles. The number of thiophene rings is 1. The first-order valence-corrected chi connectivity index (χ1v) is 10.8. The van der Waals surface area contributed by atoms with Crippen molar-refractivity contribution in [3.8, 4) is 5.82 Å². The van der Waals surface area contributed by atoms with Crippen LogP contribution in [0.1, 0.15) is 10.4 Å². The third-order valence-electron chi connectivity index (χ3n) is 4.81. The van der Waals surface area contributed by atoms with E-state index in [0.29, 0.717) is 24.4 Å². The first kappa shape index (κ1) is 16.6. The maximum atomic E-state index is 13.0. The first-order valence-electron chi connectivity index (χ1n) is 8.58. The van der Waals surface area contributed by atoms with Crippen molar-refractivity contribution >= 4 is 31.6 Å². The summed E-state index contributed by atoms with van der Waals surface area (Å²) in [7, 11) is -3.50. The van der Waals surface area contributed by atoms with Gasteiger partial charge in [0, 0.05) is 30.4 Å². The topological polar surface area (TPSA) is 68.1 Å². The minimum Gasteiger partial charge on any atom is -0.308 e. The highest BCUT2D eigenvalue weighted by molar-refractivity contribution is 7.89. The summed E-state index contributed by atoms with van der Waals surface area (Å²) in [6.45, 7) is 0.828. The van der Waals surface area contributed by atoms with Crippen molar-refractivity contribution in [2.24, 2.45) is 0 Å². The molecule has 1 aliphatic heterocycles. The Morgan fingerprint density at radius 3 is 2.56 bits per heavy atom. The van der Waals surface area contributed by atoms with E-state index in [4.69, 9.17) is 0 Å². The Hall–Kier alpha value is -2.55. The van der Waals surface area contributed by atoms with E-state index in [9.17, 15) is 8.42 Å². The molecule has 3 aromatic heterocycles. The Balaban J connectivity index is 1.58. The first-order chi connectivity index (χ1) is 13.1. The zero-order chi connectivity index (χ0) is 18.4. The minimum atomic E-state index is -3.50. The highest BCUT2D eigenvalue weighted by atomic mass is 32.2. The van der Waals surface area contributed by atoms with Crippen LogP contribution in [-0.4, -0.2) is 33.8 Å². The van der Waals surface area contributed by atoms with E-state index in [1.165, 1.54) is 5.56 Å². The fraction of sp³-hybridized carbons (Fsp3) is 0.158. The molecular formula is C19H16N4O2S2. The monoisotopic (exact) mass is 396 g/mol. The van der Waals surface area contributed by atoms with Gasteiger partial charge in [0.25, 0.3) is 0 Å². The zero-order valence-electron chi connectivity index (χ0n) is 14.3.